The summed E-state index contributed by atoms with van der Waals surface area (Å²) in [6, 6.07) is 6.86. The second-order valence-electron chi connectivity index (χ2n) is 9.52. The van der Waals surface area contributed by atoms with Crippen molar-refractivity contribution in [1.29, 1.82) is 0 Å². The van der Waals surface area contributed by atoms with Gasteiger partial charge in [0.1, 0.15) is 17.5 Å². The monoisotopic (exact) mass is 485 g/mol. The van der Waals surface area contributed by atoms with Gasteiger partial charge in [-0.2, -0.15) is 0 Å². The molecule has 1 fully saturated rings. The number of carbonyl (C=O) groups is 1. The zero-order valence-corrected chi connectivity index (χ0v) is 20.5. The van der Waals surface area contributed by atoms with Crippen molar-refractivity contribution in [2.75, 3.05) is 20.2 Å². The maximum Gasteiger partial charge on any atom is 0.410 e. The lowest BCUT2D eigenvalue weighted by Gasteiger charge is -2.24. The van der Waals surface area contributed by atoms with Gasteiger partial charge in [-0.3, -0.25) is 4.98 Å². The first-order chi connectivity index (χ1) is 16.6. The lowest BCUT2D eigenvalue weighted by molar-refractivity contribution is 0.0275. The van der Waals surface area contributed by atoms with Gasteiger partial charge < -0.3 is 19.1 Å². The summed E-state index contributed by atoms with van der Waals surface area (Å²) in [5.41, 5.74) is 1.96. The summed E-state index contributed by atoms with van der Waals surface area (Å²) in [6.45, 7) is 8.39. The highest BCUT2D eigenvalue weighted by atomic mass is 19.3. The molecule has 4 rings (SSSR count). The van der Waals surface area contributed by atoms with Gasteiger partial charge in [0.25, 0.3) is 6.43 Å². The number of ether oxygens (including phenoxy) is 3. The van der Waals surface area contributed by atoms with Gasteiger partial charge in [0.15, 0.2) is 0 Å². The zero-order chi connectivity index (χ0) is 25.3. The molecule has 1 amide bonds. The second-order valence-corrected chi connectivity index (χ2v) is 9.52. The third kappa shape index (κ3) is 5.28. The minimum atomic E-state index is -2.72. The molecule has 35 heavy (non-hydrogen) atoms. The highest BCUT2D eigenvalue weighted by Crippen LogP contribution is 2.37. The molecule has 3 heterocycles. The van der Waals surface area contributed by atoms with Crippen LogP contribution in [-0.2, 0) is 4.74 Å². The van der Waals surface area contributed by atoms with Crippen molar-refractivity contribution in [1.82, 2.24) is 14.9 Å². The van der Waals surface area contributed by atoms with E-state index in [9.17, 15) is 13.6 Å². The van der Waals surface area contributed by atoms with Gasteiger partial charge in [0, 0.05) is 41.9 Å². The number of methoxy groups -OCH3 is 1. The van der Waals surface area contributed by atoms with E-state index in [-0.39, 0.29) is 23.6 Å². The van der Waals surface area contributed by atoms with E-state index in [1.165, 1.54) is 19.4 Å². The maximum absolute atomic E-state index is 13.6. The molecule has 0 bridgehead atoms. The molecule has 1 aliphatic heterocycles. The van der Waals surface area contributed by atoms with E-state index in [1.54, 1.807) is 17.2 Å². The van der Waals surface area contributed by atoms with Gasteiger partial charge in [-0.1, -0.05) is 0 Å². The molecule has 186 valence electrons. The van der Waals surface area contributed by atoms with Gasteiger partial charge in [-0.15, -0.1) is 0 Å². The van der Waals surface area contributed by atoms with Gasteiger partial charge in [-0.05, 0) is 57.5 Å². The number of likely N-dealkylation sites (tertiary alicyclic amines) is 1. The Bertz CT molecular complexity index is 1240. The molecule has 0 aliphatic carbocycles. The molecule has 0 N–H and O–H groups in total. The van der Waals surface area contributed by atoms with Crippen LogP contribution in [0.25, 0.3) is 22.0 Å². The maximum atomic E-state index is 13.6. The largest absolute Gasteiger partial charge is 0.488 e. The molecule has 1 aromatic carbocycles. The quantitative estimate of drug-likeness (QED) is 0.445. The number of hydrogen-bond donors (Lipinski definition) is 0. The van der Waals surface area contributed by atoms with Crippen molar-refractivity contribution in [3.63, 3.8) is 0 Å². The Morgan fingerprint density at radius 3 is 2.66 bits per heavy atom. The van der Waals surface area contributed by atoms with Crippen LogP contribution in [0.3, 0.4) is 0 Å². The first-order valence-corrected chi connectivity index (χ1v) is 11.4. The van der Waals surface area contributed by atoms with Gasteiger partial charge in [-0.25, -0.2) is 18.6 Å². The smallest absolute Gasteiger partial charge is 0.410 e. The van der Waals surface area contributed by atoms with Crippen molar-refractivity contribution < 1.29 is 27.8 Å². The summed E-state index contributed by atoms with van der Waals surface area (Å²) in [4.78, 5) is 22.6. The number of rotatable bonds is 5. The lowest BCUT2D eigenvalue weighted by Crippen LogP contribution is -2.36. The van der Waals surface area contributed by atoms with Crippen molar-refractivity contribution >= 4 is 17.0 Å². The predicted molar refractivity (Wildman–Crippen MR) is 128 cm³/mol. The van der Waals surface area contributed by atoms with E-state index in [0.717, 1.165) is 16.5 Å². The SMILES string of the molecule is COc1ncc(-c2ccnc3ccc(O[C@H]4CCN(C(=O)OC(C)(C)C)C4)c(C)c23)cc1C(F)F. The number of amides is 1. The fraction of sp³-hybridized carbons (Fsp3) is 0.423. The molecule has 9 heteroatoms. The van der Waals surface area contributed by atoms with Crippen LogP contribution in [0, 0.1) is 6.92 Å². The third-order valence-electron chi connectivity index (χ3n) is 5.83. The molecule has 1 saturated heterocycles. The molecule has 7 nitrogen and oxygen atoms in total. The van der Waals surface area contributed by atoms with Gasteiger partial charge >= 0.3 is 6.09 Å². The van der Waals surface area contributed by atoms with Crippen LogP contribution in [0.4, 0.5) is 13.6 Å². The highest BCUT2D eigenvalue weighted by molar-refractivity contribution is 5.98. The topological polar surface area (TPSA) is 73.8 Å². The van der Waals surface area contributed by atoms with Crippen molar-refractivity contribution in [3.05, 3.63) is 47.8 Å². The van der Waals surface area contributed by atoms with Crippen LogP contribution in [0.15, 0.2) is 36.7 Å². The fourth-order valence-corrected chi connectivity index (χ4v) is 4.21. The number of hydrogen-bond acceptors (Lipinski definition) is 6. The Hall–Kier alpha value is -3.49. The van der Waals surface area contributed by atoms with Crippen molar-refractivity contribution in [2.24, 2.45) is 0 Å². The number of nitrogens with zero attached hydrogens (tertiary/aromatic N) is 3. The van der Waals surface area contributed by atoms with Gasteiger partial charge in [0.05, 0.1) is 24.7 Å². The average molecular weight is 486 g/mol. The Morgan fingerprint density at radius 2 is 1.97 bits per heavy atom. The number of pyridine rings is 2. The first kappa shape index (κ1) is 24.6. The van der Waals surface area contributed by atoms with Crippen LogP contribution >= 0.6 is 0 Å². The Kier molecular flexibility index (Phi) is 6.78. The number of alkyl halides is 2. The molecule has 3 aromatic rings. The summed E-state index contributed by atoms with van der Waals surface area (Å²) in [5.74, 6) is 0.553. The Balaban J connectivity index is 1.63. The summed E-state index contributed by atoms with van der Waals surface area (Å²) in [7, 11) is 1.32. The predicted octanol–water partition coefficient (Wildman–Crippen LogP) is 5.94. The third-order valence-corrected chi connectivity index (χ3v) is 5.83. The number of carbonyl (C=O) groups excluding carboxylic acids is 1. The van der Waals surface area contributed by atoms with E-state index >= 15 is 0 Å². The number of aryl methyl sites for hydroxylation is 1. The number of halogens is 2. The summed E-state index contributed by atoms with van der Waals surface area (Å²) in [6.07, 6.45) is 0.568. The standard InChI is InChI=1S/C26H29F2N3O4/c1-15-21(34-17-9-11-31(14-17)25(32)35-26(2,3)4)7-6-20-22(15)18(8-10-29-20)16-12-19(23(27)28)24(33-5)30-13-16/h6-8,10,12-13,17,23H,9,11,14H2,1-5H3/t17-/m0/s1. The minimum Gasteiger partial charge on any atom is -0.488 e. The van der Waals surface area contributed by atoms with Crippen molar-refractivity contribution in [2.45, 2.75) is 52.2 Å². The molecular weight excluding hydrogens is 456 g/mol. The summed E-state index contributed by atoms with van der Waals surface area (Å²) >= 11 is 0. The highest BCUT2D eigenvalue weighted by Gasteiger charge is 2.31. The second kappa shape index (κ2) is 9.64. The molecule has 2 aromatic heterocycles. The molecule has 1 aliphatic rings. The molecule has 1 atom stereocenters. The van der Waals surface area contributed by atoms with Crippen LogP contribution < -0.4 is 9.47 Å². The average Bonchev–Trinajstić information content (AvgIpc) is 3.28. The molecule has 0 unspecified atom stereocenters. The molecule has 0 spiro atoms. The van der Waals surface area contributed by atoms with E-state index < -0.39 is 12.0 Å². The molecular formula is C26H29F2N3O4. The van der Waals surface area contributed by atoms with Crippen LogP contribution in [0.5, 0.6) is 11.6 Å². The van der Waals surface area contributed by atoms with E-state index in [0.29, 0.717) is 36.3 Å². The minimum absolute atomic E-state index is 0.0985. The Labute approximate surface area is 203 Å². The lowest BCUT2D eigenvalue weighted by atomic mass is 9.97. The van der Waals surface area contributed by atoms with E-state index in [1.807, 2.05) is 39.8 Å². The normalized spacial score (nSPS) is 16.1. The van der Waals surface area contributed by atoms with Crippen LogP contribution in [-0.4, -0.2) is 52.9 Å². The number of aromatic nitrogens is 2. The van der Waals surface area contributed by atoms with Crippen molar-refractivity contribution in [3.8, 4) is 22.8 Å². The van der Waals surface area contributed by atoms with Crippen LogP contribution in [0.2, 0.25) is 0 Å². The fourth-order valence-electron chi connectivity index (χ4n) is 4.21. The van der Waals surface area contributed by atoms with E-state index in [4.69, 9.17) is 14.2 Å². The zero-order valence-electron chi connectivity index (χ0n) is 20.5. The summed E-state index contributed by atoms with van der Waals surface area (Å²) < 4.78 is 43.9. The first-order valence-electron chi connectivity index (χ1n) is 11.4. The Morgan fingerprint density at radius 1 is 1.20 bits per heavy atom. The van der Waals surface area contributed by atoms with Crippen LogP contribution in [0.1, 0.15) is 44.7 Å². The van der Waals surface area contributed by atoms with Gasteiger partial charge in [0.2, 0.25) is 5.88 Å². The summed E-state index contributed by atoms with van der Waals surface area (Å²) in [5, 5.41) is 0.791. The number of fused-ring (bicyclic) bond motifs is 1. The molecule has 0 radical (unpaired) electrons. The number of benzene rings is 1. The molecule has 0 saturated carbocycles. The van der Waals surface area contributed by atoms with E-state index in [2.05, 4.69) is 9.97 Å².